The molecule has 5 nitrogen and oxygen atoms in total. The first-order valence-corrected chi connectivity index (χ1v) is 9.81. The van der Waals surface area contributed by atoms with Crippen molar-refractivity contribution in [2.45, 2.75) is 12.8 Å². The summed E-state index contributed by atoms with van der Waals surface area (Å²) < 4.78 is 6.70. The third-order valence-electron chi connectivity index (χ3n) is 4.56. The van der Waals surface area contributed by atoms with E-state index in [0.29, 0.717) is 16.3 Å². The van der Waals surface area contributed by atoms with Crippen molar-refractivity contribution >= 4 is 38.9 Å². The van der Waals surface area contributed by atoms with Crippen molar-refractivity contribution in [3.63, 3.8) is 0 Å². The zero-order chi connectivity index (χ0) is 18.6. The highest BCUT2D eigenvalue weighted by molar-refractivity contribution is 7.20. The van der Waals surface area contributed by atoms with Gasteiger partial charge in [-0.15, -0.1) is 11.3 Å². The Hall–Kier alpha value is -2.86. The molecule has 1 N–H and O–H groups in total. The average Bonchev–Trinajstić information content (AvgIpc) is 3.36. The van der Waals surface area contributed by atoms with Crippen LogP contribution >= 0.6 is 11.3 Å². The van der Waals surface area contributed by atoms with E-state index in [4.69, 9.17) is 4.74 Å². The molecule has 1 saturated heterocycles. The summed E-state index contributed by atoms with van der Waals surface area (Å²) in [5.74, 6) is 0.422. The van der Waals surface area contributed by atoms with Crippen molar-refractivity contribution in [2.75, 3.05) is 25.0 Å². The third-order valence-corrected chi connectivity index (χ3v) is 5.68. The fourth-order valence-corrected chi connectivity index (χ4v) is 4.11. The van der Waals surface area contributed by atoms with E-state index < -0.39 is 0 Å². The summed E-state index contributed by atoms with van der Waals surface area (Å²) in [6.45, 7) is 1.65. The number of nitrogens with zero attached hydrogens (tertiary/aromatic N) is 1. The van der Waals surface area contributed by atoms with Crippen LogP contribution in [0.25, 0.3) is 10.1 Å². The first kappa shape index (κ1) is 17.5. The number of ether oxygens (including phenoxy) is 1. The number of fused-ring (bicyclic) bond motifs is 1. The van der Waals surface area contributed by atoms with Crippen molar-refractivity contribution in [3.8, 4) is 5.75 Å². The summed E-state index contributed by atoms with van der Waals surface area (Å²) in [7, 11) is 0. The number of hydrogen-bond acceptors (Lipinski definition) is 4. The van der Waals surface area contributed by atoms with Gasteiger partial charge < -0.3 is 15.0 Å². The predicted molar refractivity (Wildman–Crippen MR) is 108 cm³/mol. The van der Waals surface area contributed by atoms with Gasteiger partial charge in [-0.2, -0.15) is 0 Å². The van der Waals surface area contributed by atoms with E-state index in [1.807, 2.05) is 35.2 Å². The van der Waals surface area contributed by atoms with Crippen molar-refractivity contribution < 1.29 is 14.3 Å². The van der Waals surface area contributed by atoms with E-state index in [1.165, 1.54) is 11.3 Å². The number of likely N-dealkylation sites (tertiary alicyclic amines) is 1. The van der Waals surface area contributed by atoms with Crippen LogP contribution in [0.3, 0.4) is 0 Å². The molecule has 2 heterocycles. The number of carbonyl (C=O) groups is 2. The number of thiophene rings is 1. The molecule has 0 bridgehead atoms. The molecule has 0 saturated carbocycles. The smallest absolute Gasteiger partial charge is 0.265 e. The van der Waals surface area contributed by atoms with Gasteiger partial charge in [0, 0.05) is 29.5 Å². The van der Waals surface area contributed by atoms with Crippen LogP contribution in [0.4, 0.5) is 5.69 Å². The fourth-order valence-electron chi connectivity index (χ4n) is 3.15. The number of benzene rings is 2. The molecule has 0 atom stereocenters. The maximum atomic E-state index is 12.5. The van der Waals surface area contributed by atoms with Crippen molar-refractivity contribution in [2.24, 2.45) is 0 Å². The van der Waals surface area contributed by atoms with Gasteiger partial charge in [0.1, 0.15) is 5.75 Å². The van der Waals surface area contributed by atoms with Crippen LogP contribution in [0.2, 0.25) is 0 Å². The van der Waals surface area contributed by atoms with Gasteiger partial charge in [0.15, 0.2) is 6.61 Å². The molecule has 2 amide bonds. The lowest BCUT2D eigenvalue weighted by Gasteiger charge is -2.15. The van der Waals surface area contributed by atoms with Crippen molar-refractivity contribution in [3.05, 3.63) is 59.5 Å². The Labute approximate surface area is 161 Å². The van der Waals surface area contributed by atoms with Crippen LogP contribution in [-0.2, 0) is 4.79 Å². The van der Waals surface area contributed by atoms with Crippen LogP contribution in [-0.4, -0.2) is 36.4 Å². The van der Waals surface area contributed by atoms with Crippen LogP contribution in [0.1, 0.15) is 22.5 Å². The second-order valence-corrected chi connectivity index (χ2v) is 7.59. The molecule has 0 spiro atoms. The number of nitrogens with one attached hydrogen (secondary N) is 1. The molecule has 3 aromatic rings. The molecule has 0 aliphatic carbocycles. The first-order chi connectivity index (χ1) is 13.2. The zero-order valence-electron chi connectivity index (χ0n) is 14.8. The standard InChI is InChI=1S/C21H20N2O3S/c24-20(23-10-3-4-11-23)14-26-17-8-5-7-16(13-17)22-21(25)19-12-15-6-1-2-9-18(15)27-19/h1-2,5-9,12-13H,3-4,10-11,14H2,(H,22,25). The monoisotopic (exact) mass is 380 g/mol. The number of anilines is 1. The fraction of sp³-hybridized carbons (Fsp3) is 0.238. The number of hydrogen-bond donors (Lipinski definition) is 1. The molecule has 1 aliphatic heterocycles. The summed E-state index contributed by atoms with van der Waals surface area (Å²) in [5.41, 5.74) is 0.642. The minimum Gasteiger partial charge on any atom is -0.484 e. The van der Waals surface area contributed by atoms with Gasteiger partial charge in [-0.1, -0.05) is 24.3 Å². The molecule has 138 valence electrons. The zero-order valence-corrected chi connectivity index (χ0v) is 15.6. The molecule has 27 heavy (non-hydrogen) atoms. The lowest BCUT2D eigenvalue weighted by Crippen LogP contribution is -2.32. The minimum atomic E-state index is -0.151. The molecule has 1 aromatic heterocycles. The van der Waals surface area contributed by atoms with Gasteiger partial charge in [-0.3, -0.25) is 9.59 Å². The van der Waals surface area contributed by atoms with E-state index in [9.17, 15) is 9.59 Å². The van der Waals surface area contributed by atoms with E-state index in [0.717, 1.165) is 36.0 Å². The van der Waals surface area contributed by atoms with Gasteiger partial charge in [-0.25, -0.2) is 0 Å². The Morgan fingerprint density at radius 3 is 2.67 bits per heavy atom. The number of amides is 2. The summed E-state index contributed by atoms with van der Waals surface area (Å²) >= 11 is 1.46. The molecule has 4 rings (SSSR count). The number of rotatable bonds is 5. The maximum absolute atomic E-state index is 12.5. The summed E-state index contributed by atoms with van der Waals surface area (Å²) in [6.07, 6.45) is 2.12. The average molecular weight is 380 g/mol. The van der Waals surface area contributed by atoms with Gasteiger partial charge >= 0.3 is 0 Å². The lowest BCUT2D eigenvalue weighted by atomic mass is 10.2. The normalized spacial score (nSPS) is 13.7. The Kier molecular flexibility index (Phi) is 5.07. The maximum Gasteiger partial charge on any atom is 0.265 e. The van der Waals surface area contributed by atoms with Gasteiger partial charge in [-0.05, 0) is 42.5 Å². The molecule has 2 aromatic carbocycles. The van der Waals surface area contributed by atoms with Crippen molar-refractivity contribution in [1.82, 2.24) is 4.90 Å². The molecular weight excluding hydrogens is 360 g/mol. The highest BCUT2D eigenvalue weighted by Crippen LogP contribution is 2.26. The van der Waals surface area contributed by atoms with E-state index in [2.05, 4.69) is 5.32 Å². The molecule has 6 heteroatoms. The largest absolute Gasteiger partial charge is 0.484 e. The summed E-state index contributed by atoms with van der Waals surface area (Å²) in [6, 6.07) is 16.9. The van der Waals surface area contributed by atoms with E-state index in [1.54, 1.807) is 24.3 Å². The Morgan fingerprint density at radius 1 is 1.04 bits per heavy atom. The quantitative estimate of drug-likeness (QED) is 0.723. The summed E-state index contributed by atoms with van der Waals surface area (Å²) in [5, 5.41) is 3.96. The Morgan fingerprint density at radius 2 is 1.85 bits per heavy atom. The second-order valence-electron chi connectivity index (χ2n) is 6.51. The molecule has 1 aliphatic rings. The SMILES string of the molecule is O=C(Nc1cccc(OCC(=O)N2CCCC2)c1)c1cc2ccccc2s1. The minimum absolute atomic E-state index is 0.00668. The van der Waals surface area contributed by atoms with Crippen LogP contribution in [0, 0.1) is 0 Å². The van der Waals surface area contributed by atoms with Gasteiger partial charge in [0.2, 0.25) is 0 Å². The number of carbonyl (C=O) groups excluding carboxylic acids is 2. The predicted octanol–water partition coefficient (Wildman–Crippen LogP) is 4.15. The van der Waals surface area contributed by atoms with E-state index in [-0.39, 0.29) is 18.4 Å². The lowest BCUT2D eigenvalue weighted by molar-refractivity contribution is -0.132. The molecule has 1 fully saturated rings. The van der Waals surface area contributed by atoms with Gasteiger partial charge in [0.05, 0.1) is 4.88 Å². The van der Waals surface area contributed by atoms with Crippen molar-refractivity contribution in [1.29, 1.82) is 0 Å². The van der Waals surface area contributed by atoms with E-state index >= 15 is 0 Å². The van der Waals surface area contributed by atoms with Crippen LogP contribution in [0.5, 0.6) is 5.75 Å². The summed E-state index contributed by atoms with van der Waals surface area (Å²) in [4.78, 5) is 27.1. The molecular formula is C21H20N2O3S. The second kappa shape index (κ2) is 7.80. The highest BCUT2D eigenvalue weighted by Gasteiger charge is 2.18. The molecule has 0 unspecified atom stereocenters. The Balaban J connectivity index is 1.39. The van der Waals surface area contributed by atoms with Gasteiger partial charge in [0.25, 0.3) is 11.8 Å². The molecule has 0 radical (unpaired) electrons. The highest BCUT2D eigenvalue weighted by atomic mass is 32.1. The first-order valence-electron chi connectivity index (χ1n) is 8.99. The van der Waals surface area contributed by atoms with Crippen LogP contribution < -0.4 is 10.1 Å². The third kappa shape index (κ3) is 4.11. The topological polar surface area (TPSA) is 58.6 Å². The van der Waals surface area contributed by atoms with Crippen LogP contribution in [0.15, 0.2) is 54.6 Å². The Bertz CT molecular complexity index is 943.